The van der Waals surface area contributed by atoms with Crippen molar-refractivity contribution in [3.05, 3.63) is 190 Å². The Bertz CT molecular complexity index is 3350. The molecule has 0 amide bonds. The third-order valence-electron chi connectivity index (χ3n) is 16.2. The number of aryl methyl sites for hydroxylation is 4. The van der Waals surface area contributed by atoms with Crippen molar-refractivity contribution >= 4 is 21.8 Å². The molecule has 10 aromatic rings. The standard InChI is InChI=1S/C65H56N6/c1-5-25-46-41(17-1)21-13-31-50(46)56-39-57(51-32-14-22-42-18-2-6-26-47(42)51)68-64(67-56)45-37-60(66-63(38-45)71-61-35-11-9-29-54(61)55-30-10-12-36-62(55)71)65-69-58(52-33-15-23-43-19-3-7-27-48(43)52)40-59(70-65)53-34-16-24-44-20-4-8-28-49(44)53/h9-16,21-24,29-40H,1-8,17-20,25-28H2. The molecule has 6 heteroatoms. The average Bonchev–Trinajstić information content (AvgIpc) is 3.78. The number of nitrogens with zero attached hydrogens (tertiary/aromatic N) is 6. The van der Waals surface area contributed by atoms with Crippen molar-refractivity contribution in [3.8, 4) is 73.8 Å². The van der Waals surface area contributed by atoms with E-state index in [4.69, 9.17) is 24.9 Å². The van der Waals surface area contributed by atoms with E-state index in [0.717, 1.165) is 96.6 Å². The Hall–Kier alpha value is -7.57. The zero-order chi connectivity index (χ0) is 46.8. The minimum atomic E-state index is 0.605. The molecule has 4 heterocycles. The summed E-state index contributed by atoms with van der Waals surface area (Å²) >= 11 is 0. The number of fused-ring (bicyclic) bond motifs is 7. The number of para-hydroxylation sites is 2. The van der Waals surface area contributed by atoms with Crippen LogP contribution in [0.15, 0.2) is 146 Å². The molecular weight excluding hydrogens is 865 g/mol. The van der Waals surface area contributed by atoms with Gasteiger partial charge in [-0.05, 0) is 184 Å². The quantitative estimate of drug-likeness (QED) is 0.159. The molecule has 0 radical (unpaired) electrons. The van der Waals surface area contributed by atoms with E-state index in [1.54, 1.807) is 0 Å². The molecule has 0 atom stereocenters. The molecule has 0 saturated carbocycles. The first-order chi connectivity index (χ1) is 35.2. The molecule has 0 fully saturated rings. The van der Waals surface area contributed by atoms with Crippen molar-refractivity contribution in [2.45, 2.75) is 103 Å². The predicted octanol–water partition coefficient (Wildman–Crippen LogP) is 15.3. The van der Waals surface area contributed by atoms with Crippen LogP contribution in [0.4, 0.5) is 0 Å². The number of rotatable bonds is 7. The molecule has 0 spiro atoms. The molecular formula is C65H56N6. The highest BCUT2D eigenvalue weighted by Gasteiger charge is 2.25. The first-order valence-corrected chi connectivity index (χ1v) is 26.4. The third-order valence-corrected chi connectivity index (χ3v) is 16.2. The van der Waals surface area contributed by atoms with E-state index in [2.05, 4.69) is 150 Å². The van der Waals surface area contributed by atoms with E-state index < -0.39 is 0 Å². The van der Waals surface area contributed by atoms with Gasteiger partial charge >= 0.3 is 0 Å². The smallest absolute Gasteiger partial charge is 0.179 e. The van der Waals surface area contributed by atoms with Crippen molar-refractivity contribution in [2.24, 2.45) is 0 Å². The topological polar surface area (TPSA) is 69.4 Å². The second kappa shape index (κ2) is 17.7. The van der Waals surface area contributed by atoms with Gasteiger partial charge in [0.05, 0.1) is 33.8 Å². The van der Waals surface area contributed by atoms with Crippen molar-refractivity contribution in [1.82, 2.24) is 29.5 Å². The van der Waals surface area contributed by atoms with Crippen LogP contribution >= 0.6 is 0 Å². The summed E-state index contributed by atoms with van der Waals surface area (Å²) in [5, 5.41) is 2.37. The summed E-state index contributed by atoms with van der Waals surface area (Å²) in [6, 6.07) is 53.6. The van der Waals surface area contributed by atoms with E-state index in [1.807, 2.05) is 0 Å². The van der Waals surface area contributed by atoms with Gasteiger partial charge < -0.3 is 0 Å². The predicted molar refractivity (Wildman–Crippen MR) is 289 cm³/mol. The molecule has 0 bridgehead atoms. The second-order valence-corrected chi connectivity index (χ2v) is 20.5. The molecule has 71 heavy (non-hydrogen) atoms. The van der Waals surface area contributed by atoms with Gasteiger partial charge in [-0.2, -0.15) is 0 Å². The minimum Gasteiger partial charge on any atom is -0.294 e. The number of hydrogen-bond acceptors (Lipinski definition) is 5. The van der Waals surface area contributed by atoms with Crippen LogP contribution in [0.2, 0.25) is 0 Å². The van der Waals surface area contributed by atoms with Crippen LogP contribution in [0.3, 0.4) is 0 Å². The van der Waals surface area contributed by atoms with E-state index in [-0.39, 0.29) is 0 Å². The van der Waals surface area contributed by atoms with Crippen LogP contribution in [0.5, 0.6) is 0 Å². The number of aromatic nitrogens is 6. The van der Waals surface area contributed by atoms with Crippen molar-refractivity contribution in [2.75, 3.05) is 0 Å². The highest BCUT2D eigenvalue weighted by atomic mass is 15.1. The molecule has 14 rings (SSSR count). The van der Waals surface area contributed by atoms with Crippen molar-refractivity contribution in [1.29, 1.82) is 0 Å². The van der Waals surface area contributed by atoms with Crippen LogP contribution < -0.4 is 0 Å². The Morgan fingerprint density at radius 1 is 0.296 bits per heavy atom. The lowest BCUT2D eigenvalue weighted by Crippen LogP contribution is -2.08. The Kier molecular flexibility index (Phi) is 10.5. The van der Waals surface area contributed by atoms with Gasteiger partial charge in [0.25, 0.3) is 0 Å². The Morgan fingerprint density at radius 3 is 1.07 bits per heavy atom. The lowest BCUT2D eigenvalue weighted by atomic mass is 9.85. The largest absolute Gasteiger partial charge is 0.294 e. The van der Waals surface area contributed by atoms with Crippen molar-refractivity contribution < 1.29 is 0 Å². The summed E-state index contributed by atoms with van der Waals surface area (Å²) in [4.78, 5) is 28.2. The summed E-state index contributed by atoms with van der Waals surface area (Å²) in [6.07, 6.45) is 18.3. The zero-order valence-corrected chi connectivity index (χ0v) is 40.4. The monoisotopic (exact) mass is 920 g/mol. The lowest BCUT2D eigenvalue weighted by molar-refractivity contribution is 0.686. The van der Waals surface area contributed by atoms with Crippen LogP contribution in [0.25, 0.3) is 95.6 Å². The van der Waals surface area contributed by atoms with Crippen molar-refractivity contribution in [3.63, 3.8) is 0 Å². The highest BCUT2D eigenvalue weighted by molar-refractivity contribution is 6.09. The van der Waals surface area contributed by atoms with Gasteiger partial charge in [0, 0.05) is 38.6 Å². The number of hydrogen-bond donors (Lipinski definition) is 0. The molecule has 346 valence electrons. The van der Waals surface area contributed by atoms with Crippen LogP contribution in [0.1, 0.15) is 95.9 Å². The maximum absolute atomic E-state index is 5.68. The highest BCUT2D eigenvalue weighted by Crippen LogP contribution is 2.41. The molecule has 4 aliphatic rings. The Balaban J connectivity index is 1.05. The summed E-state index contributed by atoms with van der Waals surface area (Å²) in [7, 11) is 0. The van der Waals surface area contributed by atoms with Crippen LogP contribution in [0, 0.1) is 0 Å². The fourth-order valence-corrected chi connectivity index (χ4v) is 12.8. The van der Waals surface area contributed by atoms with E-state index in [0.29, 0.717) is 17.3 Å². The van der Waals surface area contributed by atoms with Crippen LogP contribution in [-0.4, -0.2) is 29.5 Å². The van der Waals surface area contributed by atoms with Gasteiger partial charge in [0.2, 0.25) is 0 Å². The molecule has 4 aliphatic carbocycles. The van der Waals surface area contributed by atoms with Gasteiger partial charge in [0.15, 0.2) is 11.6 Å². The molecule has 4 aromatic heterocycles. The van der Waals surface area contributed by atoms with Gasteiger partial charge in [-0.3, -0.25) is 4.57 Å². The van der Waals surface area contributed by atoms with Gasteiger partial charge in [-0.15, -0.1) is 0 Å². The fraction of sp³-hybridized carbons (Fsp3) is 0.246. The maximum atomic E-state index is 5.68. The molecule has 0 unspecified atom stereocenters. The Labute approximate surface area is 416 Å². The summed E-state index contributed by atoms with van der Waals surface area (Å²) in [5.41, 5.74) is 23.9. The summed E-state index contributed by atoms with van der Waals surface area (Å²) in [6.45, 7) is 0. The van der Waals surface area contributed by atoms with E-state index >= 15 is 0 Å². The summed E-state index contributed by atoms with van der Waals surface area (Å²) < 4.78 is 2.31. The fourth-order valence-electron chi connectivity index (χ4n) is 12.8. The van der Waals surface area contributed by atoms with Crippen LogP contribution in [-0.2, 0) is 51.4 Å². The van der Waals surface area contributed by atoms with Gasteiger partial charge in [-0.25, -0.2) is 24.9 Å². The first kappa shape index (κ1) is 42.3. The normalized spacial score (nSPS) is 15.3. The zero-order valence-electron chi connectivity index (χ0n) is 40.4. The molecule has 0 N–H and O–H groups in total. The van der Waals surface area contributed by atoms with Gasteiger partial charge in [0.1, 0.15) is 11.5 Å². The SMILES string of the molecule is c1cc2c(c(-c3cc(-c4cccc5c4CCCC5)nc(-c4cc(-c5nc(-c6cccc7c6CCCC7)cc(-c6cccc7c6CCCC7)n5)nc(-n5c6ccccc6c6ccccc65)c4)n3)c1)CCCC2. The molecule has 0 aliphatic heterocycles. The second-order valence-electron chi connectivity index (χ2n) is 20.5. The molecule has 0 saturated heterocycles. The Morgan fingerprint density at radius 2 is 0.662 bits per heavy atom. The molecule has 6 nitrogen and oxygen atoms in total. The number of benzene rings is 6. The lowest BCUT2D eigenvalue weighted by Gasteiger charge is -2.22. The minimum absolute atomic E-state index is 0.605. The maximum Gasteiger partial charge on any atom is 0.179 e. The first-order valence-electron chi connectivity index (χ1n) is 26.4. The molecule has 6 aromatic carbocycles. The summed E-state index contributed by atoms with van der Waals surface area (Å²) in [5.74, 6) is 2.06. The van der Waals surface area contributed by atoms with Gasteiger partial charge in [-0.1, -0.05) is 109 Å². The average molecular weight is 921 g/mol. The third kappa shape index (κ3) is 7.49. The van der Waals surface area contributed by atoms with E-state index in [9.17, 15) is 0 Å². The number of pyridine rings is 1. The van der Waals surface area contributed by atoms with E-state index in [1.165, 1.54) is 129 Å².